The minimum Gasteiger partial charge on any atom is -0.354 e. The van der Waals surface area contributed by atoms with Gasteiger partial charge in [0, 0.05) is 45.0 Å². The highest BCUT2D eigenvalue weighted by Crippen LogP contribution is 2.28. The van der Waals surface area contributed by atoms with Crippen LogP contribution in [0.2, 0.25) is 15.1 Å². The molecule has 0 bridgehead atoms. The van der Waals surface area contributed by atoms with Gasteiger partial charge < -0.3 is 10.2 Å². The predicted octanol–water partition coefficient (Wildman–Crippen LogP) is 6.35. The number of benzene rings is 2. The summed E-state index contributed by atoms with van der Waals surface area (Å²) in [5, 5.41) is 4.00. The van der Waals surface area contributed by atoms with E-state index in [1.807, 2.05) is 6.92 Å². The average molecular weight is 520 g/mol. The summed E-state index contributed by atoms with van der Waals surface area (Å²) in [5.74, 6) is -0.677. The number of amides is 2. The van der Waals surface area contributed by atoms with E-state index >= 15 is 0 Å². The first-order valence-electron chi connectivity index (χ1n) is 10.3. The Labute approximate surface area is 207 Å². The molecule has 0 radical (unpaired) electrons. The molecule has 0 saturated heterocycles. The van der Waals surface area contributed by atoms with Gasteiger partial charge in [0.1, 0.15) is 11.9 Å². The molecule has 1 atom stereocenters. The fraction of sp³-hybridized carbons (Fsp3) is 0.391. The molecule has 0 unspecified atom stereocenters. The summed E-state index contributed by atoms with van der Waals surface area (Å²) in [5.41, 5.74) is 0.914. The quantitative estimate of drug-likeness (QED) is 0.352. The van der Waals surface area contributed by atoms with E-state index in [9.17, 15) is 14.0 Å². The van der Waals surface area contributed by atoms with Gasteiger partial charge in [-0.2, -0.15) is 0 Å². The number of nitrogens with zero attached hydrogens (tertiary/aromatic N) is 1. The number of unbranched alkanes of at least 4 members (excludes halogenated alkanes) is 1. The number of thioether (sulfide) groups is 1. The summed E-state index contributed by atoms with van der Waals surface area (Å²) in [7, 11) is 0. The molecular formula is C23H26Cl3FN2O2S. The van der Waals surface area contributed by atoms with Crippen molar-refractivity contribution in [2.75, 3.05) is 12.3 Å². The summed E-state index contributed by atoms with van der Waals surface area (Å²) in [6.07, 6.45) is 1.80. The van der Waals surface area contributed by atoms with Crippen molar-refractivity contribution in [2.24, 2.45) is 0 Å². The van der Waals surface area contributed by atoms with E-state index in [4.69, 9.17) is 34.8 Å². The molecule has 2 aromatic rings. The van der Waals surface area contributed by atoms with E-state index in [0.29, 0.717) is 32.7 Å². The maximum absolute atomic E-state index is 14.0. The molecule has 2 aromatic carbocycles. The standard InChI is InChI=1S/C23H26Cl3FN2O2S/c1-3-4-11-28-23(31)15(2)29(12-16-18(24)7-5-8-19(16)25)22(30)14-32-13-17-20(26)9-6-10-21(17)27/h5-10,15H,3-4,11-14H2,1-2H3,(H,28,31)/t15-/m0/s1. The van der Waals surface area contributed by atoms with Crippen LogP contribution in [0.1, 0.15) is 37.8 Å². The third kappa shape index (κ3) is 7.55. The lowest BCUT2D eigenvalue weighted by molar-refractivity contribution is -0.138. The summed E-state index contributed by atoms with van der Waals surface area (Å²) >= 11 is 19.9. The maximum Gasteiger partial charge on any atom is 0.242 e. The molecule has 0 heterocycles. The number of rotatable bonds is 11. The molecule has 174 valence electrons. The van der Waals surface area contributed by atoms with Crippen LogP contribution in [0.5, 0.6) is 0 Å². The minimum atomic E-state index is -0.732. The summed E-state index contributed by atoms with van der Waals surface area (Å²) < 4.78 is 14.0. The summed E-state index contributed by atoms with van der Waals surface area (Å²) in [4.78, 5) is 27.2. The van der Waals surface area contributed by atoms with Crippen molar-refractivity contribution in [3.63, 3.8) is 0 Å². The molecule has 4 nitrogen and oxygen atoms in total. The lowest BCUT2D eigenvalue weighted by Gasteiger charge is -2.29. The topological polar surface area (TPSA) is 49.4 Å². The lowest BCUT2D eigenvalue weighted by Crippen LogP contribution is -2.48. The zero-order valence-electron chi connectivity index (χ0n) is 18.0. The van der Waals surface area contributed by atoms with E-state index < -0.39 is 11.9 Å². The summed E-state index contributed by atoms with van der Waals surface area (Å²) in [6, 6.07) is 8.83. The second-order valence-electron chi connectivity index (χ2n) is 7.24. The van der Waals surface area contributed by atoms with E-state index in [1.54, 1.807) is 31.2 Å². The maximum atomic E-state index is 14.0. The van der Waals surface area contributed by atoms with Crippen molar-refractivity contribution in [2.45, 2.75) is 45.0 Å². The molecular weight excluding hydrogens is 494 g/mol. The van der Waals surface area contributed by atoms with Gasteiger partial charge in [-0.1, -0.05) is 60.3 Å². The van der Waals surface area contributed by atoms with Gasteiger partial charge in [-0.25, -0.2) is 4.39 Å². The van der Waals surface area contributed by atoms with Crippen LogP contribution >= 0.6 is 46.6 Å². The van der Waals surface area contributed by atoms with Crippen molar-refractivity contribution in [1.82, 2.24) is 10.2 Å². The molecule has 0 aliphatic heterocycles. The van der Waals surface area contributed by atoms with Crippen molar-refractivity contribution in [3.8, 4) is 0 Å². The first kappa shape index (κ1) is 26.8. The van der Waals surface area contributed by atoms with Gasteiger partial charge >= 0.3 is 0 Å². The monoisotopic (exact) mass is 518 g/mol. The lowest BCUT2D eigenvalue weighted by atomic mass is 10.1. The number of hydrogen-bond donors (Lipinski definition) is 1. The normalized spacial score (nSPS) is 11.8. The fourth-order valence-electron chi connectivity index (χ4n) is 2.97. The first-order valence-corrected chi connectivity index (χ1v) is 12.6. The molecule has 1 N–H and O–H groups in total. The van der Waals surface area contributed by atoms with Gasteiger partial charge in [-0.15, -0.1) is 11.8 Å². The van der Waals surface area contributed by atoms with Gasteiger partial charge in [-0.05, 0) is 37.6 Å². The van der Waals surface area contributed by atoms with Gasteiger partial charge in [0.05, 0.1) is 5.75 Å². The van der Waals surface area contributed by atoms with Gasteiger partial charge in [0.25, 0.3) is 0 Å². The molecule has 0 aliphatic rings. The second kappa shape index (κ2) is 13.3. The number of carbonyl (C=O) groups excluding carboxylic acids is 2. The van der Waals surface area contributed by atoms with E-state index in [-0.39, 0.29) is 29.9 Å². The van der Waals surface area contributed by atoms with Crippen molar-refractivity contribution < 1.29 is 14.0 Å². The highest BCUT2D eigenvalue weighted by Gasteiger charge is 2.27. The van der Waals surface area contributed by atoms with Gasteiger partial charge in [-0.3, -0.25) is 9.59 Å². The number of halogens is 4. The van der Waals surface area contributed by atoms with Crippen molar-refractivity contribution in [1.29, 1.82) is 0 Å². The second-order valence-corrected chi connectivity index (χ2v) is 9.44. The molecule has 2 amide bonds. The number of carbonyl (C=O) groups is 2. The van der Waals surface area contributed by atoms with Gasteiger partial charge in [0.2, 0.25) is 11.8 Å². The fourth-order valence-corrected chi connectivity index (χ4v) is 4.73. The van der Waals surface area contributed by atoms with Crippen LogP contribution in [0, 0.1) is 5.82 Å². The number of hydrogen-bond acceptors (Lipinski definition) is 3. The Balaban J connectivity index is 2.15. The molecule has 0 saturated carbocycles. The average Bonchev–Trinajstić information content (AvgIpc) is 2.75. The van der Waals surface area contributed by atoms with Crippen LogP contribution in [-0.4, -0.2) is 35.1 Å². The summed E-state index contributed by atoms with van der Waals surface area (Å²) in [6.45, 7) is 4.32. The molecule has 2 rings (SSSR count). The first-order chi connectivity index (χ1) is 15.3. The molecule has 0 fully saturated rings. The van der Waals surface area contributed by atoms with Crippen LogP contribution < -0.4 is 5.32 Å². The zero-order chi connectivity index (χ0) is 23.7. The Hall–Kier alpha value is -1.47. The molecule has 0 aromatic heterocycles. The third-order valence-electron chi connectivity index (χ3n) is 4.92. The van der Waals surface area contributed by atoms with Gasteiger partial charge in [0.15, 0.2) is 0 Å². The largest absolute Gasteiger partial charge is 0.354 e. The van der Waals surface area contributed by atoms with Crippen LogP contribution in [0.15, 0.2) is 36.4 Å². The van der Waals surface area contributed by atoms with Crippen LogP contribution in [0.4, 0.5) is 4.39 Å². The Morgan fingerprint density at radius 1 is 1.06 bits per heavy atom. The van der Waals surface area contributed by atoms with Crippen LogP contribution in [0.3, 0.4) is 0 Å². The molecule has 0 aliphatic carbocycles. The highest BCUT2D eigenvalue weighted by atomic mass is 35.5. The Kier molecular flexibility index (Phi) is 11.1. The number of nitrogens with one attached hydrogen (secondary N) is 1. The van der Waals surface area contributed by atoms with Crippen molar-refractivity contribution in [3.05, 3.63) is 68.4 Å². The van der Waals surface area contributed by atoms with Crippen LogP contribution in [-0.2, 0) is 21.9 Å². The Morgan fingerprint density at radius 2 is 1.66 bits per heavy atom. The SMILES string of the molecule is CCCCNC(=O)[C@H](C)N(Cc1c(Cl)cccc1Cl)C(=O)CSCc1c(F)cccc1Cl. The Bertz CT molecular complexity index is 905. The Morgan fingerprint density at radius 3 is 2.25 bits per heavy atom. The van der Waals surface area contributed by atoms with E-state index in [1.165, 1.54) is 28.8 Å². The van der Waals surface area contributed by atoms with Crippen LogP contribution in [0.25, 0.3) is 0 Å². The smallest absolute Gasteiger partial charge is 0.242 e. The predicted molar refractivity (Wildman–Crippen MR) is 132 cm³/mol. The minimum absolute atomic E-state index is 0.0410. The van der Waals surface area contributed by atoms with Crippen molar-refractivity contribution >= 4 is 58.4 Å². The molecule has 32 heavy (non-hydrogen) atoms. The molecule has 0 spiro atoms. The van der Waals surface area contributed by atoms with E-state index in [2.05, 4.69) is 5.32 Å². The zero-order valence-corrected chi connectivity index (χ0v) is 21.1. The third-order valence-corrected chi connectivity index (χ3v) is 6.93. The highest BCUT2D eigenvalue weighted by molar-refractivity contribution is 7.99. The molecule has 9 heteroatoms. The van der Waals surface area contributed by atoms with E-state index in [0.717, 1.165) is 12.8 Å².